The summed E-state index contributed by atoms with van der Waals surface area (Å²) >= 11 is 3.23. The Bertz CT molecular complexity index is 249. The molecule has 0 aromatic rings. The highest BCUT2D eigenvalue weighted by Gasteiger charge is 2.04. The standard InChI is InChI=1S/C14H23BrO2/c15-11-12-17-14(16)10-6-2-5-9-13-7-3-1-4-8-13/h7H,1-6,8-12H2. The lowest BCUT2D eigenvalue weighted by molar-refractivity contribution is -0.143. The first-order chi connectivity index (χ1) is 8.33. The summed E-state index contributed by atoms with van der Waals surface area (Å²) in [6.07, 6.45) is 12.8. The quantitative estimate of drug-likeness (QED) is 0.288. The van der Waals surface area contributed by atoms with Crippen LogP contribution in [0, 0.1) is 0 Å². The maximum absolute atomic E-state index is 11.2. The van der Waals surface area contributed by atoms with Crippen molar-refractivity contribution in [3.05, 3.63) is 11.6 Å². The van der Waals surface area contributed by atoms with Crippen LogP contribution in [0.4, 0.5) is 0 Å². The summed E-state index contributed by atoms with van der Waals surface area (Å²) in [6.45, 7) is 0.492. The van der Waals surface area contributed by atoms with Crippen molar-refractivity contribution in [2.45, 2.75) is 57.8 Å². The maximum Gasteiger partial charge on any atom is 0.305 e. The number of rotatable bonds is 8. The van der Waals surface area contributed by atoms with Gasteiger partial charge in [-0.25, -0.2) is 0 Å². The van der Waals surface area contributed by atoms with Gasteiger partial charge in [-0.15, -0.1) is 0 Å². The number of allylic oxidation sites excluding steroid dienone is 2. The molecule has 98 valence electrons. The Morgan fingerprint density at radius 3 is 2.88 bits per heavy atom. The van der Waals surface area contributed by atoms with Crippen molar-refractivity contribution in [2.24, 2.45) is 0 Å². The predicted octanol–water partition coefficient (Wildman–Crippen LogP) is 4.38. The van der Waals surface area contributed by atoms with Crippen LogP contribution in [0.3, 0.4) is 0 Å². The second-order valence-corrected chi connectivity index (χ2v) is 5.37. The number of carbonyl (C=O) groups excluding carboxylic acids is 1. The smallest absolute Gasteiger partial charge is 0.305 e. The summed E-state index contributed by atoms with van der Waals surface area (Å²) in [7, 11) is 0. The van der Waals surface area contributed by atoms with Crippen molar-refractivity contribution >= 4 is 21.9 Å². The van der Waals surface area contributed by atoms with Crippen molar-refractivity contribution in [3.8, 4) is 0 Å². The average molecular weight is 303 g/mol. The average Bonchev–Trinajstić information content (AvgIpc) is 2.37. The van der Waals surface area contributed by atoms with E-state index in [9.17, 15) is 4.79 Å². The minimum absolute atomic E-state index is 0.0543. The van der Waals surface area contributed by atoms with E-state index in [2.05, 4.69) is 22.0 Å². The fourth-order valence-corrected chi connectivity index (χ4v) is 2.32. The van der Waals surface area contributed by atoms with Crippen LogP contribution in [0.1, 0.15) is 57.8 Å². The number of halogens is 1. The molecule has 0 aliphatic heterocycles. The van der Waals surface area contributed by atoms with E-state index in [1.54, 1.807) is 5.57 Å². The minimum atomic E-state index is -0.0543. The second-order valence-electron chi connectivity index (χ2n) is 4.58. The van der Waals surface area contributed by atoms with Crippen molar-refractivity contribution in [3.63, 3.8) is 0 Å². The highest BCUT2D eigenvalue weighted by molar-refractivity contribution is 9.09. The van der Waals surface area contributed by atoms with Crippen LogP contribution in [-0.4, -0.2) is 17.9 Å². The van der Waals surface area contributed by atoms with Gasteiger partial charge in [0.2, 0.25) is 0 Å². The molecule has 0 saturated heterocycles. The van der Waals surface area contributed by atoms with E-state index in [4.69, 9.17) is 4.74 Å². The molecule has 0 saturated carbocycles. The molecule has 0 fully saturated rings. The van der Waals surface area contributed by atoms with Crippen LogP contribution in [0.2, 0.25) is 0 Å². The molecule has 0 aromatic carbocycles. The third-order valence-electron chi connectivity index (χ3n) is 3.10. The summed E-state index contributed by atoms with van der Waals surface area (Å²) < 4.78 is 4.99. The van der Waals surface area contributed by atoms with Gasteiger partial charge in [-0.05, 0) is 44.9 Å². The van der Waals surface area contributed by atoms with Gasteiger partial charge in [-0.1, -0.05) is 34.0 Å². The number of hydrogen-bond acceptors (Lipinski definition) is 2. The Balaban J connectivity index is 1.93. The predicted molar refractivity (Wildman–Crippen MR) is 74.4 cm³/mol. The lowest BCUT2D eigenvalue weighted by Crippen LogP contribution is -2.06. The van der Waals surface area contributed by atoms with Crippen molar-refractivity contribution in [1.82, 2.24) is 0 Å². The molecular weight excluding hydrogens is 280 g/mol. The molecule has 0 atom stereocenters. The van der Waals surface area contributed by atoms with Gasteiger partial charge in [-0.2, -0.15) is 0 Å². The number of hydrogen-bond donors (Lipinski definition) is 0. The molecule has 0 spiro atoms. The van der Waals surface area contributed by atoms with Gasteiger partial charge in [0.15, 0.2) is 0 Å². The van der Waals surface area contributed by atoms with Crippen LogP contribution >= 0.6 is 15.9 Å². The fraction of sp³-hybridized carbons (Fsp3) is 0.786. The normalized spacial score (nSPS) is 15.5. The number of alkyl halides is 1. The van der Waals surface area contributed by atoms with E-state index < -0.39 is 0 Å². The van der Waals surface area contributed by atoms with Gasteiger partial charge in [0.05, 0.1) is 0 Å². The maximum atomic E-state index is 11.2. The first-order valence-electron chi connectivity index (χ1n) is 6.72. The van der Waals surface area contributed by atoms with Gasteiger partial charge in [-0.3, -0.25) is 4.79 Å². The molecule has 0 aromatic heterocycles. The summed E-state index contributed by atoms with van der Waals surface area (Å²) in [5.41, 5.74) is 1.64. The van der Waals surface area contributed by atoms with Gasteiger partial charge in [0.1, 0.15) is 6.61 Å². The summed E-state index contributed by atoms with van der Waals surface area (Å²) in [6, 6.07) is 0. The lowest BCUT2D eigenvalue weighted by Gasteiger charge is -2.12. The Morgan fingerprint density at radius 2 is 2.18 bits per heavy atom. The van der Waals surface area contributed by atoms with Crippen molar-refractivity contribution < 1.29 is 9.53 Å². The minimum Gasteiger partial charge on any atom is -0.465 e. The number of esters is 1. The van der Waals surface area contributed by atoms with Gasteiger partial charge in [0, 0.05) is 11.8 Å². The molecule has 3 heteroatoms. The molecule has 0 heterocycles. The van der Waals surface area contributed by atoms with Crippen molar-refractivity contribution in [2.75, 3.05) is 11.9 Å². The largest absolute Gasteiger partial charge is 0.465 e. The SMILES string of the molecule is O=C(CCCCCC1=CCCCC1)OCCBr. The first kappa shape index (κ1) is 14.7. The van der Waals surface area contributed by atoms with Crippen LogP contribution in [0.5, 0.6) is 0 Å². The molecule has 0 unspecified atom stereocenters. The van der Waals surface area contributed by atoms with E-state index in [1.165, 1.54) is 38.5 Å². The molecule has 0 amide bonds. The summed E-state index contributed by atoms with van der Waals surface area (Å²) in [5.74, 6) is -0.0543. The van der Waals surface area contributed by atoms with Crippen LogP contribution in [-0.2, 0) is 9.53 Å². The van der Waals surface area contributed by atoms with Gasteiger partial charge < -0.3 is 4.74 Å². The molecule has 0 radical (unpaired) electrons. The molecule has 0 N–H and O–H groups in total. The summed E-state index contributed by atoms with van der Waals surface area (Å²) in [5, 5.41) is 0.729. The Kier molecular flexibility index (Phi) is 8.41. The molecule has 1 rings (SSSR count). The Labute approximate surface area is 113 Å². The number of ether oxygens (including phenoxy) is 1. The third kappa shape index (κ3) is 7.58. The van der Waals surface area contributed by atoms with E-state index in [0.717, 1.165) is 18.2 Å². The first-order valence-corrected chi connectivity index (χ1v) is 7.84. The number of unbranched alkanes of at least 4 members (excludes halogenated alkanes) is 2. The molecule has 2 nitrogen and oxygen atoms in total. The highest BCUT2D eigenvalue weighted by atomic mass is 79.9. The fourth-order valence-electron chi connectivity index (χ4n) is 2.15. The third-order valence-corrected chi connectivity index (χ3v) is 3.43. The lowest BCUT2D eigenvalue weighted by atomic mass is 9.95. The molecular formula is C14H23BrO2. The molecule has 1 aliphatic carbocycles. The van der Waals surface area contributed by atoms with E-state index in [0.29, 0.717) is 13.0 Å². The van der Waals surface area contributed by atoms with Crippen molar-refractivity contribution in [1.29, 1.82) is 0 Å². The van der Waals surface area contributed by atoms with Crippen LogP contribution in [0.15, 0.2) is 11.6 Å². The Hall–Kier alpha value is -0.310. The zero-order valence-corrected chi connectivity index (χ0v) is 12.1. The van der Waals surface area contributed by atoms with Gasteiger partial charge in [0.25, 0.3) is 0 Å². The van der Waals surface area contributed by atoms with Gasteiger partial charge >= 0.3 is 5.97 Å². The Morgan fingerprint density at radius 1 is 1.29 bits per heavy atom. The van der Waals surface area contributed by atoms with E-state index in [1.807, 2.05) is 0 Å². The monoisotopic (exact) mass is 302 g/mol. The molecule has 1 aliphatic rings. The van der Waals surface area contributed by atoms with E-state index in [-0.39, 0.29) is 5.97 Å². The van der Waals surface area contributed by atoms with Crippen LogP contribution < -0.4 is 0 Å². The van der Waals surface area contributed by atoms with E-state index >= 15 is 0 Å². The molecule has 0 bridgehead atoms. The summed E-state index contributed by atoms with van der Waals surface area (Å²) in [4.78, 5) is 11.2. The zero-order chi connectivity index (χ0) is 12.3. The van der Waals surface area contributed by atoms with Crippen LogP contribution in [0.25, 0.3) is 0 Å². The highest BCUT2D eigenvalue weighted by Crippen LogP contribution is 2.22. The number of carbonyl (C=O) groups is 1. The zero-order valence-electron chi connectivity index (χ0n) is 10.5. The molecule has 17 heavy (non-hydrogen) atoms. The second kappa shape index (κ2) is 9.69. The topological polar surface area (TPSA) is 26.3 Å².